The lowest BCUT2D eigenvalue weighted by Crippen LogP contribution is -2.44. The molecule has 4 rings (SSSR count). The molecular weight excluding hydrogens is 502 g/mol. The van der Waals surface area contributed by atoms with Crippen molar-refractivity contribution in [2.24, 2.45) is 5.41 Å². The summed E-state index contributed by atoms with van der Waals surface area (Å²) in [6.07, 6.45) is 6.91. The van der Waals surface area contributed by atoms with E-state index in [2.05, 4.69) is 67.6 Å². The third kappa shape index (κ3) is 5.83. The molecule has 0 amide bonds. The van der Waals surface area contributed by atoms with Gasteiger partial charge in [-0.2, -0.15) is 0 Å². The zero-order valence-electron chi connectivity index (χ0n) is 25.2. The molecule has 5 nitrogen and oxygen atoms in total. The SMILES string of the molecule is CC(C)c1nc2c(c(C3=CCCC3)c1C(=O)c1ccc(C(=O)O)cc1)C(O[Si](C)(C)C(C)(C)C)CC(C)(C)C2. The van der Waals surface area contributed by atoms with Crippen LogP contribution in [-0.2, 0) is 10.8 Å². The van der Waals surface area contributed by atoms with E-state index < -0.39 is 14.3 Å². The lowest BCUT2D eigenvalue weighted by molar-refractivity contribution is 0.0696. The summed E-state index contributed by atoms with van der Waals surface area (Å²) in [5.41, 5.74) is 6.63. The number of carboxylic acids is 1. The van der Waals surface area contributed by atoms with Crippen LogP contribution < -0.4 is 0 Å². The van der Waals surface area contributed by atoms with Gasteiger partial charge in [0.2, 0.25) is 0 Å². The Morgan fingerprint density at radius 2 is 1.72 bits per heavy atom. The molecule has 0 radical (unpaired) electrons. The van der Waals surface area contributed by atoms with Crippen LogP contribution in [0.15, 0.2) is 30.3 Å². The molecule has 1 N–H and O–H groups in total. The third-order valence-electron chi connectivity index (χ3n) is 8.82. The Morgan fingerprint density at radius 3 is 2.23 bits per heavy atom. The molecule has 6 heteroatoms. The summed E-state index contributed by atoms with van der Waals surface area (Å²) in [6.45, 7) is 20.2. The Kier molecular flexibility index (Phi) is 7.87. The number of ketones is 1. The lowest BCUT2D eigenvalue weighted by atomic mass is 9.71. The highest BCUT2D eigenvalue weighted by atomic mass is 28.4. The molecule has 0 aliphatic heterocycles. The minimum atomic E-state index is -2.13. The zero-order valence-corrected chi connectivity index (χ0v) is 26.2. The summed E-state index contributed by atoms with van der Waals surface area (Å²) in [4.78, 5) is 31.1. The molecule has 39 heavy (non-hydrogen) atoms. The fourth-order valence-corrected chi connectivity index (χ4v) is 6.97. The number of hydrogen-bond donors (Lipinski definition) is 1. The van der Waals surface area contributed by atoms with E-state index in [1.807, 2.05) is 0 Å². The lowest BCUT2D eigenvalue weighted by Gasteiger charge is -2.45. The van der Waals surface area contributed by atoms with Crippen molar-refractivity contribution in [3.05, 3.63) is 69.5 Å². The van der Waals surface area contributed by atoms with Crippen molar-refractivity contribution in [1.82, 2.24) is 4.98 Å². The van der Waals surface area contributed by atoms with Crippen molar-refractivity contribution < 1.29 is 19.1 Å². The van der Waals surface area contributed by atoms with Crippen molar-refractivity contribution >= 4 is 25.6 Å². The molecule has 1 unspecified atom stereocenters. The normalized spacial score (nSPS) is 19.1. The van der Waals surface area contributed by atoms with Gasteiger partial charge in [0.1, 0.15) is 0 Å². The summed E-state index contributed by atoms with van der Waals surface area (Å²) in [5.74, 6) is -1.04. The van der Waals surface area contributed by atoms with Gasteiger partial charge in [0, 0.05) is 16.8 Å². The van der Waals surface area contributed by atoms with E-state index in [1.54, 1.807) is 12.1 Å². The number of allylic oxidation sites excluding steroid dienone is 2. The van der Waals surface area contributed by atoms with E-state index in [-0.39, 0.29) is 33.8 Å². The molecule has 2 aliphatic carbocycles. The Morgan fingerprint density at radius 1 is 1.10 bits per heavy atom. The Labute approximate surface area is 235 Å². The summed E-state index contributed by atoms with van der Waals surface area (Å²) in [7, 11) is -2.13. The van der Waals surface area contributed by atoms with Gasteiger partial charge in [-0.25, -0.2) is 4.79 Å². The van der Waals surface area contributed by atoms with E-state index in [0.717, 1.165) is 54.6 Å². The third-order valence-corrected chi connectivity index (χ3v) is 13.3. The van der Waals surface area contributed by atoms with Gasteiger partial charge in [0.15, 0.2) is 14.1 Å². The fraction of sp³-hybridized carbons (Fsp3) is 0.545. The number of aromatic carboxylic acids is 1. The Hall–Kier alpha value is -2.57. The number of benzene rings is 1. The molecule has 0 bridgehead atoms. The number of aromatic nitrogens is 1. The number of carbonyl (C=O) groups is 2. The second-order valence-electron chi connectivity index (χ2n) is 14.0. The molecule has 0 fully saturated rings. The van der Waals surface area contributed by atoms with E-state index in [4.69, 9.17) is 9.41 Å². The fourth-order valence-electron chi connectivity index (χ4n) is 5.70. The van der Waals surface area contributed by atoms with Gasteiger partial charge in [-0.1, -0.05) is 66.7 Å². The first-order chi connectivity index (χ1) is 18.0. The minimum absolute atomic E-state index is 0.0286. The van der Waals surface area contributed by atoms with Crippen LogP contribution in [0.4, 0.5) is 0 Å². The second kappa shape index (κ2) is 10.4. The quantitative estimate of drug-likeness (QED) is 0.277. The molecule has 0 saturated carbocycles. The maximum Gasteiger partial charge on any atom is 0.335 e. The van der Waals surface area contributed by atoms with Crippen LogP contribution in [0, 0.1) is 5.41 Å². The largest absolute Gasteiger partial charge is 0.478 e. The van der Waals surface area contributed by atoms with Gasteiger partial charge < -0.3 is 9.53 Å². The van der Waals surface area contributed by atoms with E-state index in [1.165, 1.54) is 17.7 Å². The van der Waals surface area contributed by atoms with Gasteiger partial charge in [-0.3, -0.25) is 9.78 Å². The van der Waals surface area contributed by atoms with Crippen LogP contribution in [0.1, 0.15) is 135 Å². The maximum absolute atomic E-state index is 14.3. The smallest absolute Gasteiger partial charge is 0.335 e. The van der Waals surface area contributed by atoms with E-state index >= 15 is 0 Å². The van der Waals surface area contributed by atoms with Gasteiger partial charge in [-0.15, -0.1) is 0 Å². The van der Waals surface area contributed by atoms with Gasteiger partial charge in [0.25, 0.3) is 0 Å². The molecule has 1 aromatic carbocycles. The molecule has 1 aromatic heterocycles. The number of carbonyl (C=O) groups excluding carboxylic acids is 1. The summed E-state index contributed by atoms with van der Waals surface area (Å²) in [5, 5.41) is 9.43. The number of pyridine rings is 1. The van der Waals surface area contributed by atoms with Crippen LogP contribution in [0.3, 0.4) is 0 Å². The van der Waals surface area contributed by atoms with Crippen molar-refractivity contribution in [1.29, 1.82) is 0 Å². The van der Waals surface area contributed by atoms with Gasteiger partial charge in [-0.05, 0) is 84.8 Å². The number of carboxylic acid groups (broad SMARTS) is 1. The Bertz CT molecular complexity index is 1310. The molecule has 0 spiro atoms. The molecule has 1 heterocycles. The minimum Gasteiger partial charge on any atom is -0.478 e. The van der Waals surface area contributed by atoms with Crippen LogP contribution >= 0.6 is 0 Å². The molecular formula is C33H45NO4Si. The van der Waals surface area contributed by atoms with Crippen LogP contribution in [0.25, 0.3) is 5.57 Å². The highest BCUT2D eigenvalue weighted by molar-refractivity contribution is 6.74. The predicted molar refractivity (Wildman–Crippen MR) is 160 cm³/mol. The summed E-state index contributed by atoms with van der Waals surface area (Å²) in [6, 6.07) is 6.29. The molecule has 0 saturated heterocycles. The number of rotatable bonds is 7. The topological polar surface area (TPSA) is 76.5 Å². The van der Waals surface area contributed by atoms with Crippen LogP contribution in [0.2, 0.25) is 18.1 Å². The number of fused-ring (bicyclic) bond motifs is 1. The summed E-state index contributed by atoms with van der Waals surface area (Å²) < 4.78 is 7.18. The zero-order chi connectivity index (χ0) is 28.9. The van der Waals surface area contributed by atoms with Crippen molar-refractivity contribution in [2.45, 2.75) is 111 Å². The van der Waals surface area contributed by atoms with E-state index in [9.17, 15) is 14.7 Å². The van der Waals surface area contributed by atoms with Crippen LogP contribution in [0.5, 0.6) is 0 Å². The highest BCUT2D eigenvalue weighted by Crippen LogP contribution is 2.51. The van der Waals surface area contributed by atoms with Crippen molar-refractivity contribution in [2.75, 3.05) is 0 Å². The van der Waals surface area contributed by atoms with Gasteiger partial charge >= 0.3 is 5.97 Å². The van der Waals surface area contributed by atoms with Crippen molar-refractivity contribution in [3.63, 3.8) is 0 Å². The maximum atomic E-state index is 14.3. The Balaban J connectivity index is 2.01. The van der Waals surface area contributed by atoms with Gasteiger partial charge in [0.05, 0.1) is 22.9 Å². The summed E-state index contributed by atoms with van der Waals surface area (Å²) >= 11 is 0. The first-order valence-electron chi connectivity index (χ1n) is 14.3. The van der Waals surface area contributed by atoms with Crippen molar-refractivity contribution in [3.8, 4) is 0 Å². The monoisotopic (exact) mass is 547 g/mol. The average Bonchev–Trinajstić information content (AvgIpc) is 3.35. The molecule has 2 aliphatic rings. The highest BCUT2D eigenvalue weighted by Gasteiger charge is 2.45. The van der Waals surface area contributed by atoms with E-state index in [0.29, 0.717) is 11.1 Å². The first kappa shape index (κ1) is 29.4. The number of nitrogens with zero attached hydrogens (tertiary/aromatic N) is 1. The average molecular weight is 548 g/mol. The number of hydrogen-bond acceptors (Lipinski definition) is 4. The predicted octanol–water partition coefficient (Wildman–Crippen LogP) is 8.74. The molecule has 2 aromatic rings. The first-order valence-corrected chi connectivity index (χ1v) is 17.2. The molecule has 210 valence electrons. The molecule has 1 atom stereocenters. The standard InChI is InChI=1S/C33H45NO4Si/c1-20(2)29-28(30(35)22-14-16-23(17-15-22)31(36)37)26(21-12-10-11-13-21)27-24(34-29)18-33(6,7)19-25(27)38-39(8,9)32(3,4)5/h12,14-17,20,25H,10-11,13,18-19H2,1-9H3,(H,36,37). The van der Waals surface area contributed by atoms with Crippen LogP contribution in [-0.4, -0.2) is 30.2 Å². The second-order valence-corrected chi connectivity index (χ2v) is 18.8.